The number of oxime groups is 1. The Labute approximate surface area is 175 Å². The average molecular weight is 416 g/mol. The van der Waals surface area contributed by atoms with Crippen molar-refractivity contribution in [2.45, 2.75) is 39.2 Å². The number of hydrogen-bond acceptors (Lipinski definition) is 4. The van der Waals surface area contributed by atoms with E-state index in [0.717, 1.165) is 12.8 Å². The van der Waals surface area contributed by atoms with Crippen LogP contribution >= 0.6 is 0 Å². The summed E-state index contributed by atoms with van der Waals surface area (Å²) in [5, 5.41) is 13.7. The molecule has 0 spiro atoms. The molecule has 1 N–H and O–H groups in total. The molecule has 1 atom stereocenters. The average Bonchev–Trinajstić information content (AvgIpc) is 2.70. The molecule has 1 saturated heterocycles. The number of aryl methyl sites for hydroxylation is 2. The highest BCUT2D eigenvalue weighted by atomic mass is 19.1. The van der Waals surface area contributed by atoms with Gasteiger partial charge in [0.1, 0.15) is 30.0 Å². The predicted molar refractivity (Wildman–Crippen MR) is 111 cm³/mol. The molecule has 0 aliphatic carbocycles. The van der Waals surface area contributed by atoms with Gasteiger partial charge in [0.05, 0.1) is 0 Å². The summed E-state index contributed by atoms with van der Waals surface area (Å²) in [6.45, 7) is 4.92. The molecule has 1 fully saturated rings. The molecule has 3 rings (SSSR count). The number of carbonyl (C=O) groups is 1. The zero-order valence-corrected chi connectivity index (χ0v) is 17.2. The van der Waals surface area contributed by atoms with Gasteiger partial charge in [-0.05, 0) is 80.8 Å². The number of benzene rings is 2. The van der Waals surface area contributed by atoms with Crippen LogP contribution in [0.3, 0.4) is 0 Å². The largest absolute Gasteiger partial charge is 0.480 e. The molecule has 0 bridgehead atoms. The van der Waals surface area contributed by atoms with Crippen LogP contribution in [0.5, 0.6) is 0 Å². The Morgan fingerprint density at radius 2 is 1.70 bits per heavy atom. The van der Waals surface area contributed by atoms with Gasteiger partial charge in [-0.25, -0.2) is 8.78 Å². The lowest BCUT2D eigenvalue weighted by atomic mass is 9.95. The van der Waals surface area contributed by atoms with E-state index in [1.165, 1.54) is 24.3 Å². The van der Waals surface area contributed by atoms with Gasteiger partial charge in [-0.3, -0.25) is 9.69 Å². The monoisotopic (exact) mass is 416 g/mol. The molecule has 7 heteroatoms. The molecule has 0 saturated carbocycles. The SMILES string of the molecule is Cc1cc(F)ccc1C(=NOCCN1CCCCC1C(=O)O)c1ccc(F)cc1C. The molecular formula is C23H26F2N2O3. The van der Waals surface area contributed by atoms with Gasteiger partial charge in [0.25, 0.3) is 0 Å². The van der Waals surface area contributed by atoms with Crippen molar-refractivity contribution in [1.82, 2.24) is 4.90 Å². The third-order valence-electron chi connectivity index (χ3n) is 5.41. The fourth-order valence-corrected chi connectivity index (χ4v) is 3.84. The maximum absolute atomic E-state index is 13.6. The van der Waals surface area contributed by atoms with E-state index in [0.29, 0.717) is 47.5 Å². The topological polar surface area (TPSA) is 62.1 Å². The normalized spacial score (nSPS) is 16.9. The Hall–Kier alpha value is -2.80. The smallest absolute Gasteiger partial charge is 0.320 e. The van der Waals surface area contributed by atoms with Crippen molar-refractivity contribution in [3.63, 3.8) is 0 Å². The summed E-state index contributed by atoms with van der Waals surface area (Å²) in [4.78, 5) is 18.9. The first-order valence-corrected chi connectivity index (χ1v) is 10.1. The standard InChI is InChI=1S/C23H26F2N2O3/c1-15-13-17(24)6-8-19(15)22(20-9-7-18(25)14-16(20)2)26-30-12-11-27-10-4-3-5-21(27)23(28)29/h6-9,13-14,21H,3-5,10-12H2,1-2H3,(H,28,29). The Morgan fingerprint density at radius 1 is 1.10 bits per heavy atom. The van der Waals surface area contributed by atoms with E-state index in [1.54, 1.807) is 26.0 Å². The van der Waals surface area contributed by atoms with Crippen LogP contribution in [-0.2, 0) is 9.63 Å². The summed E-state index contributed by atoms with van der Waals surface area (Å²) in [5.74, 6) is -1.52. The number of hydrogen-bond donors (Lipinski definition) is 1. The minimum Gasteiger partial charge on any atom is -0.480 e. The molecule has 0 aromatic heterocycles. The van der Waals surface area contributed by atoms with Gasteiger partial charge in [0, 0.05) is 17.7 Å². The highest BCUT2D eigenvalue weighted by Crippen LogP contribution is 2.21. The summed E-state index contributed by atoms with van der Waals surface area (Å²) in [7, 11) is 0. The first-order chi connectivity index (χ1) is 14.4. The quantitative estimate of drug-likeness (QED) is 0.416. The lowest BCUT2D eigenvalue weighted by Gasteiger charge is -2.32. The van der Waals surface area contributed by atoms with Crippen molar-refractivity contribution >= 4 is 11.7 Å². The number of rotatable bonds is 7. The molecule has 1 unspecified atom stereocenters. The number of piperidine rings is 1. The van der Waals surface area contributed by atoms with Crippen molar-refractivity contribution in [2.75, 3.05) is 19.7 Å². The van der Waals surface area contributed by atoms with Crippen molar-refractivity contribution < 1.29 is 23.5 Å². The van der Waals surface area contributed by atoms with Crippen LogP contribution in [0.2, 0.25) is 0 Å². The van der Waals surface area contributed by atoms with Gasteiger partial charge < -0.3 is 9.94 Å². The zero-order chi connectivity index (χ0) is 21.7. The van der Waals surface area contributed by atoms with E-state index < -0.39 is 12.0 Å². The second-order valence-corrected chi connectivity index (χ2v) is 7.58. The second kappa shape index (κ2) is 9.80. The Kier molecular flexibility index (Phi) is 7.15. The lowest BCUT2D eigenvalue weighted by Crippen LogP contribution is -2.45. The minimum absolute atomic E-state index is 0.216. The fourth-order valence-electron chi connectivity index (χ4n) is 3.84. The fraction of sp³-hybridized carbons (Fsp3) is 0.391. The summed E-state index contributed by atoms with van der Waals surface area (Å²) < 4.78 is 27.2. The van der Waals surface area contributed by atoms with Crippen LogP contribution in [0.25, 0.3) is 0 Å². The second-order valence-electron chi connectivity index (χ2n) is 7.58. The molecule has 2 aromatic carbocycles. The van der Waals surface area contributed by atoms with Crippen molar-refractivity contribution in [3.05, 3.63) is 70.3 Å². The first kappa shape index (κ1) is 21.9. The molecule has 30 heavy (non-hydrogen) atoms. The van der Waals surface area contributed by atoms with E-state index in [4.69, 9.17) is 4.84 Å². The van der Waals surface area contributed by atoms with Gasteiger partial charge in [0.2, 0.25) is 0 Å². The van der Waals surface area contributed by atoms with Crippen LogP contribution in [0, 0.1) is 25.5 Å². The number of halogens is 2. The van der Waals surface area contributed by atoms with E-state index in [2.05, 4.69) is 5.16 Å². The van der Waals surface area contributed by atoms with Crippen LogP contribution in [0.4, 0.5) is 8.78 Å². The number of likely N-dealkylation sites (tertiary alicyclic amines) is 1. The number of nitrogens with zero attached hydrogens (tertiary/aromatic N) is 2. The Balaban J connectivity index is 1.81. The van der Waals surface area contributed by atoms with Gasteiger partial charge in [0.15, 0.2) is 0 Å². The molecular weight excluding hydrogens is 390 g/mol. The van der Waals surface area contributed by atoms with Gasteiger partial charge in [-0.1, -0.05) is 11.6 Å². The van der Waals surface area contributed by atoms with E-state index >= 15 is 0 Å². The predicted octanol–water partition coefficient (Wildman–Crippen LogP) is 4.29. The summed E-state index contributed by atoms with van der Waals surface area (Å²) in [6, 6.07) is 8.28. The molecule has 160 valence electrons. The van der Waals surface area contributed by atoms with Gasteiger partial charge in [-0.15, -0.1) is 0 Å². The number of aliphatic carboxylic acids is 1. The maximum atomic E-state index is 13.6. The van der Waals surface area contributed by atoms with Crippen LogP contribution < -0.4 is 0 Å². The molecule has 1 heterocycles. The molecule has 0 radical (unpaired) electrons. The van der Waals surface area contributed by atoms with Gasteiger partial charge >= 0.3 is 5.97 Å². The van der Waals surface area contributed by atoms with Crippen LogP contribution in [0.15, 0.2) is 41.6 Å². The van der Waals surface area contributed by atoms with E-state index in [1.807, 2.05) is 4.90 Å². The van der Waals surface area contributed by atoms with Crippen molar-refractivity contribution in [1.29, 1.82) is 0 Å². The molecule has 1 aliphatic rings. The van der Waals surface area contributed by atoms with Crippen LogP contribution in [0.1, 0.15) is 41.5 Å². The number of carboxylic acid groups (broad SMARTS) is 1. The first-order valence-electron chi connectivity index (χ1n) is 10.1. The molecule has 1 aliphatic heterocycles. The van der Waals surface area contributed by atoms with Crippen molar-refractivity contribution in [2.24, 2.45) is 5.16 Å². The summed E-state index contributed by atoms with van der Waals surface area (Å²) >= 11 is 0. The summed E-state index contributed by atoms with van der Waals surface area (Å²) in [6.07, 6.45) is 2.50. The van der Waals surface area contributed by atoms with Crippen molar-refractivity contribution in [3.8, 4) is 0 Å². The molecule has 0 amide bonds. The van der Waals surface area contributed by atoms with E-state index in [9.17, 15) is 18.7 Å². The van der Waals surface area contributed by atoms with E-state index in [-0.39, 0.29) is 18.2 Å². The molecule has 2 aromatic rings. The highest BCUT2D eigenvalue weighted by molar-refractivity contribution is 6.14. The van der Waals surface area contributed by atoms with Crippen LogP contribution in [-0.4, -0.2) is 47.4 Å². The number of carboxylic acids is 1. The third-order valence-corrected chi connectivity index (χ3v) is 5.41. The third kappa shape index (κ3) is 5.21. The Morgan fingerprint density at radius 3 is 2.23 bits per heavy atom. The molecule has 5 nitrogen and oxygen atoms in total. The Bertz CT molecular complexity index is 893. The highest BCUT2D eigenvalue weighted by Gasteiger charge is 2.28. The summed E-state index contributed by atoms with van der Waals surface area (Å²) in [5.41, 5.74) is 3.23. The maximum Gasteiger partial charge on any atom is 0.320 e. The van der Waals surface area contributed by atoms with Gasteiger partial charge in [-0.2, -0.15) is 0 Å². The lowest BCUT2D eigenvalue weighted by molar-refractivity contribution is -0.144. The zero-order valence-electron chi connectivity index (χ0n) is 17.2. The minimum atomic E-state index is -0.817.